The normalized spacial score (nSPS) is 29.1. The SMILES string of the molecule is CC1CCCCCN1CCNC1CCCCC1. The number of hydrogen-bond acceptors (Lipinski definition) is 2. The first-order valence-electron chi connectivity index (χ1n) is 7.83. The van der Waals surface area contributed by atoms with E-state index in [0.29, 0.717) is 0 Å². The van der Waals surface area contributed by atoms with Gasteiger partial charge in [0, 0.05) is 25.2 Å². The molecule has 0 amide bonds. The second-order valence-electron chi connectivity index (χ2n) is 6.02. The van der Waals surface area contributed by atoms with Gasteiger partial charge in [0.05, 0.1) is 0 Å². The van der Waals surface area contributed by atoms with Crippen LogP contribution in [0.25, 0.3) is 0 Å². The summed E-state index contributed by atoms with van der Waals surface area (Å²) < 4.78 is 0. The molecule has 0 bridgehead atoms. The van der Waals surface area contributed by atoms with E-state index in [1.54, 1.807) is 0 Å². The van der Waals surface area contributed by atoms with Crippen molar-refractivity contribution < 1.29 is 0 Å². The van der Waals surface area contributed by atoms with Crippen LogP contribution in [-0.2, 0) is 0 Å². The molecule has 2 rings (SSSR count). The maximum Gasteiger partial charge on any atom is 0.0110 e. The van der Waals surface area contributed by atoms with Gasteiger partial charge in [-0.05, 0) is 39.2 Å². The maximum atomic E-state index is 3.77. The molecule has 1 aliphatic heterocycles. The fourth-order valence-electron chi connectivity index (χ4n) is 3.39. The van der Waals surface area contributed by atoms with E-state index in [-0.39, 0.29) is 0 Å². The molecule has 1 atom stereocenters. The van der Waals surface area contributed by atoms with Crippen molar-refractivity contribution in [2.45, 2.75) is 76.8 Å². The first-order valence-corrected chi connectivity index (χ1v) is 7.83. The molecular formula is C15H30N2. The second-order valence-corrected chi connectivity index (χ2v) is 6.02. The van der Waals surface area contributed by atoms with Crippen LogP contribution < -0.4 is 5.32 Å². The van der Waals surface area contributed by atoms with Crippen molar-refractivity contribution in [3.05, 3.63) is 0 Å². The van der Waals surface area contributed by atoms with Gasteiger partial charge in [-0.15, -0.1) is 0 Å². The molecule has 2 aliphatic rings. The lowest BCUT2D eigenvalue weighted by atomic mass is 9.95. The third-order valence-electron chi connectivity index (χ3n) is 4.63. The number of hydrogen-bond donors (Lipinski definition) is 1. The molecule has 0 aromatic carbocycles. The Kier molecular flexibility index (Phi) is 5.79. The van der Waals surface area contributed by atoms with Gasteiger partial charge in [-0.3, -0.25) is 4.90 Å². The Balaban J connectivity index is 1.62. The number of likely N-dealkylation sites (tertiary alicyclic amines) is 1. The van der Waals surface area contributed by atoms with Gasteiger partial charge in [0.25, 0.3) is 0 Å². The lowest BCUT2D eigenvalue weighted by Gasteiger charge is -2.29. The standard InChI is InChI=1S/C15H30N2/c1-14-8-4-3-7-12-17(14)13-11-16-15-9-5-2-6-10-15/h14-16H,2-13H2,1H3. The predicted octanol–water partition coefficient (Wildman–Crippen LogP) is 3.17. The van der Waals surface area contributed by atoms with Crippen LogP contribution in [0.2, 0.25) is 0 Å². The van der Waals surface area contributed by atoms with Gasteiger partial charge in [0.2, 0.25) is 0 Å². The van der Waals surface area contributed by atoms with E-state index in [4.69, 9.17) is 0 Å². The topological polar surface area (TPSA) is 15.3 Å². The third-order valence-corrected chi connectivity index (χ3v) is 4.63. The Labute approximate surface area is 107 Å². The minimum absolute atomic E-state index is 0.811. The summed E-state index contributed by atoms with van der Waals surface area (Å²) in [6, 6.07) is 1.64. The van der Waals surface area contributed by atoms with Crippen molar-refractivity contribution in [2.75, 3.05) is 19.6 Å². The largest absolute Gasteiger partial charge is 0.313 e. The van der Waals surface area contributed by atoms with Gasteiger partial charge in [0.1, 0.15) is 0 Å². The van der Waals surface area contributed by atoms with E-state index in [1.807, 2.05) is 0 Å². The zero-order valence-corrected chi connectivity index (χ0v) is 11.6. The molecule has 100 valence electrons. The van der Waals surface area contributed by atoms with E-state index in [1.165, 1.54) is 77.4 Å². The molecule has 1 saturated heterocycles. The summed E-state index contributed by atoms with van der Waals surface area (Å²) in [5.41, 5.74) is 0. The van der Waals surface area contributed by atoms with Crippen molar-refractivity contribution >= 4 is 0 Å². The molecular weight excluding hydrogens is 208 g/mol. The molecule has 0 aromatic rings. The third kappa shape index (κ3) is 4.59. The van der Waals surface area contributed by atoms with Gasteiger partial charge in [0.15, 0.2) is 0 Å². The molecule has 2 fully saturated rings. The summed E-state index contributed by atoms with van der Waals surface area (Å²) in [6.07, 6.45) is 12.9. The smallest absolute Gasteiger partial charge is 0.0110 e. The van der Waals surface area contributed by atoms with E-state index >= 15 is 0 Å². The zero-order chi connectivity index (χ0) is 11.9. The van der Waals surface area contributed by atoms with Gasteiger partial charge in [-0.2, -0.15) is 0 Å². The molecule has 1 unspecified atom stereocenters. The minimum Gasteiger partial charge on any atom is -0.313 e. The number of nitrogens with one attached hydrogen (secondary N) is 1. The van der Waals surface area contributed by atoms with Crippen molar-refractivity contribution in [1.82, 2.24) is 10.2 Å². The van der Waals surface area contributed by atoms with Crippen molar-refractivity contribution in [2.24, 2.45) is 0 Å². The molecule has 2 heteroatoms. The lowest BCUT2D eigenvalue weighted by Crippen LogP contribution is -2.41. The predicted molar refractivity (Wildman–Crippen MR) is 74.4 cm³/mol. The number of nitrogens with zero attached hydrogens (tertiary/aromatic N) is 1. The first kappa shape index (κ1) is 13.4. The Bertz CT molecular complexity index is 199. The fraction of sp³-hybridized carbons (Fsp3) is 1.00. The highest BCUT2D eigenvalue weighted by molar-refractivity contribution is 4.75. The summed E-state index contributed by atoms with van der Waals surface area (Å²) >= 11 is 0. The Morgan fingerprint density at radius 2 is 1.65 bits per heavy atom. The molecule has 1 aliphatic carbocycles. The van der Waals surface area contributed by atoms with Crippen LogP contribution >= 0.6 is 0 Å². The summed E-state index contributed by atoms with van der Waals surface area (Å²) in [7, 11) is 0. The summed E-state index contributed by atoms with van der Waals surface area (Å²) in [4.78, 5) is 2.70. The van der Waals surface area contributed by atoms with Crippen LogP contribution in [0.1, 0.15) is 64.7 Å². The Morgan fingerprint density at radius 1 is 0.941 bits per heavy atom. The van der Waals surface area contributed by atoms with E-state index in [9.17, 15) is 0 Å². The van der Waals surface area contributed by atoms with E-state index < -0.39 is 0 Å². The van der Waals surface area contributed by atoms with Gasteiger partial charge >= 0.3 is 0 Å². The summed E-state index contributed by atoms with van der Waals surface area (Å²) in [6.45, 7) is 6.20. The molecule has 2 nitrogen and oxygen atoms in total. The van der Waals surface area contributed by atoms with Gasteiger partial charge in [-0.1, -0.05) is 32.1 Å². The van der Waals surface area contributed by atoms with Gasteiger partial charge in [-0.25, -0.2) is 0 Å². The molecule has 1 N–H and O–H groups in total. The van der Waals surface area contributed by atoms with Crippen LogP contribution in [0.5, 0.6) is 0 Å². The number of rotatable bonds is 4. The Morgan fingerprint density at radius 3 is 2.47 bits per heavy atom. The molecule has 0 radical (unpaired) electrons. The van der Waals surface area contributed by atoms with Crippen LogP contribution in [-0.4, -0.2) is 36.6 Å². The fourth-order valence-corrected chi connectivity index (χ4v) is 3.39. The minimum atomic E-state index is 0.811. The highest BCUT2D eigenvalue weighted by Gasteiger charge is 2.17. The highest BCUT2D eigenvalue weighted by Crippen LogP contribution is 2.18. The van der Waals surface area contributed by atoms with Crippen LogP contribution in [0.3, 0.4) is 0 Å². The first-order chi connectivity index (χ1) is 8.36. The quantitative estimate of drug-likeness (QED) is 0.809. The molecule has 0 aromatic heterocycles. The monoisotopic (exact) mass is 238 g/mol. The second kappa shape index (κ2) is 7.38. The molecule has 1 saturated carbocycles. The van der Waals surface area contributed by atoms with E-state index in [2.05, 4.69) is 17.1 Å². The average Bonchev–Trinajstić information content (AvgIpc) is 2.56. The molecule has 1 heterocycles. The van der Waals surface area contributed by atoms with Crippen LogP contribution in [0, 0.1) is 0 Å². The summed E-state index contributed by atoms with van der Waals surface area (Å²) in [5, 5.41) is 3.77. The molecule has 0 spiro atoms. The highest BCUT2D eigenvalue weighted by atomic mass is 15.2. The van der Waals surface area contributed by atoms with Crippen molar-refractivity contribution in [3.63, 3.8) is 0 Å². The van der Waals surface area contributed by atoms with Crippen LogP contribution in [0.15, 0.2) is 0 Å². The average molecular weight is 238 g/mol. The van der Waals surface area contributed by atoms with Crippen molar-refractivity contribution in [1.29, 1.82) is 0 Å². The van der Waals surface area contributed by atoms with E-state index in [0.717, 1.165) is 12.1 Å². The molecule has 17 heavy (non-hydrogen) atoms. The lowest BCUT2D eigenvalue weighted by molar-refractivity contribution is 0.208. The zero-order valence-electron chi connectivity index (χ0n) is 11.6. The Hall–Kier alpha value is -0.0800. The van der Waals surface area contributed by atoms with Crippen LogP contribution in [0.4, 0.5) is 0 Å². The van der Waals surface area contributed by atoms with Gasteiger partial charge < -0.3 is 5.32 Å². The maximum absolute atomic E-state index is 3.77. The summed E-state index contributed by atoms with van der Waals surface area (Å²) in [5.74, 6) is 0. The van der Waals surface area contributed by atoms with Crippen molar-refractivity contribution in [3.8, 4) is 0 Å².